The lowest BCUT2D eigenvalue weighted by atomic mass is 10.1. The van der Waals surface area contributed by atoms with E-state index < -0.39 is 17.8 Å². The van der Waals surface area contributed by atoms with Gasteiger partial charge in [-0.15, -0.1) is 10.2 Å². The van der Waals surface area contributed by atoms with Crippen LogP contribution in [0.15, 0.2) is 18.2 Å². The van der Waals surface area contributed by atoms with Crippen LogP contribution in [0.4, 0.5) is 4.39 Å². The Morgan fingerprint density at radius 1 is 1.36 bits per heavy atom. The van der Waals surface area contributed by atoms with E-state index in [1.54, 1.807) is 11.5 Å². The van der Waals surface area contributed by atoms with Crippen LogP contribution in [-0.4, -0.2) is 51.7 Å². The van der Waals surface area contributed by atoms with E-state index in [0.717, 1.165) is 6.07 Å². The summed E-state index contributed by atoms with van der Waals surface area (Å²) in [5.41, 5.74) is -0.126. The quantitative estimate of drug-likeness (QED) is 0.874. The Bertz CT molecular complexity index is 835. The number of amides is 2. The molecule has 1 aromatic heterocycles. The van der Waals surface area contributed by atoms with E-state index in [4.69, 9.17) is 4.74 Å². The van der Waals surface area contributed by atoms with Crippen LogP contribution in [-0.2, 0) is 17.9 Å². The van der Waals surface area contributed by atoms with Gasteiger partial charge in [0.15, 0.2) is 5.82 Å². The van der Waals surface area contributed by atoms with Crippen molar-refractivity contribution in [2.45, 2.75) is 26.1 Å². The normalized spacial score (nSPS) is 16.3. The summed E-state index contributed by atoms with van der Waals surface area (Å²) in [4.78, 5) is 26.5. The van der Waals surface area contributed by atoms with Gasteiger partial charge in [0.2, 0.25) is 5.91 Å². The average molecular weight is 347 g/mol. The van der Waals surface area contributed by atoms with Crippen LogP contribution >= 0.6 is 0 Å². The minimum absolute atomic E-state index is 0.0726. The molecule has 1 N–H and O–H groups in total. The molecule has 0 aliphatic carbocycles. The van der Waals surface area contributed by atoms with Crippen LogP contribution in [0.25, 0.3) is 0 Å². The van der Waals surface area contributed by atoms with Gasteiger partial charge in [-0.05, 0) is 19.1 Å². The van der Waals surface area contributed by atoms with E-state index >= 15 is 0 Å². The standard InChI is InChI=1S/C16H18FN5O3/c1-9-19-20-14-8-22(13(7-21(9)14)15(23)18-2)16(24)11-5-4-10(25-3)6-12(11)17/h4-6,13H,7-8H2,1-3H3,(H,18,23). The lowest BCUT2D eigenvalue weighted by Gasteiger charge is -2.35. The number of rotatable bonds is 3. The summed E-state index contributed by atoms with van der Waals surface area (Å²) in [6.07, 6.45) is 0. The van der Waals surface area contributed by atoms with E-state index in [9.17, 15) is 14.0 Å². The monoisotopic (exact) mass is 347 g/mol. The topological polar surface area (TPSA) is 89.4 Å². The molecule has 1 aromatic carbocycles. The van der Waals surface area contributed by atoms with Crippen molar-refractivity contribution < 1.29 is 18.7 Å². The van der Waals surface area contributed by atoms with Crippen LogP contribution in [0.1, 0.15) is 22.0 Å². The third-order valence-electron chi connectivity index (χ3n) is 4.27. The number of nitrogens with one attached hydrogen (secondary N) is 1. The van der Waals surface area contributed by atoms with Crippen molar-refractivity contribution in [1.29, 1.82) is 0 Å². The number of methoxy groups -OCH3 is 1. The van der Waals surface area contributed by atoms with Gasteiger partial charge in [0.1, 0.15) is 23.4 Å². The van der Waals surface area contributed by atoms with Gasteiger partial charge >= 0.3 is 0 Å². The molecule has 2 amide bonds. The number of nitrogens with zero attached hydrogens (tertiary/aromatic N) is 4. The fourth-order valence-corrected chi connectivity index (χ4v) is 2.87. The minimum Gasteiger partial charge on any atom is -0.497 e. The summed E-state index contributed by atoms with van der Waals surface area (Å²) >= 11 is 0. The Morgan fingerprint density at radius 3 is 2.76 bits per heavy atom. The van der Waals surface area contributed by atoms with Gasteiger partial charge in [-0.3, -0.25) is 9.59 Å². The number of fused-ring (bicyclic) bond motifs is 1. The van der Waals surface area contributed by atoms with E-state index in [0.29, 0.717) is 17.4 Å². The third kappa shape index (κ3) is 2.92. The summed E-state index contributed by atoms with van der Waals surface area (Å²) in [5.74, 6) is -0.0950. The fraction of sp³-hybridized carbons (Fsp3) is 0.375. The predicted molar refractivity (Wildman–Crippen MR) is 85.4 cm³/mol. The maximum absolute atomic E-state index is 14.3. The second-order valence-corrected chi connectivity index (χ2v) is 5.68. The van der Waals surface area contributed by atoms with E-state index in [-0.39, 0.29) is 24.6 Å². The molecule has 0 spiro atoms. The molecule has 3 rings (SSSR count). The highest BCUT2D eigenvalue weighted by molar-refractivity contribution is 5.98. The molecule has 1 unspecified atom stereocenters. The second kappa shape index (κ2) is 6.50. The first-order valence-electron chi connectivity index (χ1n) is 7.71. The number of benzene rings is 1. The molecule has 0 bridgehead atoms. The molecule has 1 aliphatic rings. The van der Waals surface area contributed by atoms with Gasteiger partial charge in [-0.1, -0.05) is 0 Å². The molecule has 0 saturated carbocycles. The molecular weight excluding hydrogens is 329 g/mol. The Morgan fingerprint density at radius 2 is 2.12 bits per heavy atom. The molecule has 132 valence electrons. The molecule has 9 heteroatoms. The maximum Gasteiger partial charge on any atom is 0.257 e. The molecule has 0 radical (unpaired) electrons. The number of carbonyl (C=O) groups is 2. The van der Waals surface area contributed by atoms with Gasteiger partial charge in [-0.2, -0.15) is 0 Å². The number of hydrogen-bond donors (Lipinski definition) is 1. The average Bonchev–Trinajstić information content (AvgIpc) is 2.99. The van der Waals surface area contributed by atoms with Gasteiger partial charge in [0, 0.05) is 13.1 Å². The first-order valence-corrected chi connectivity index (χ1v) is 7.71. The molecule has 2 heterocycles. The summed E-state index contributed by atoms with van der Waals surface area (Å²) in [6, 6.07) is 3.21. The van der Waals surface area contributed by atoms with E-state index in [1.165, 1.54) is 31.2 Å². The largest absolute Gasteiger partial charge is 0.497 e. The highest BCUT2D eigenvalue weighted by Crippen LogP contribution is 2.23. The van der Waals surface area contributed by atoms with Gasteiger partial charge < -0.3 is 19.5 Å². The number of aromatic nitrogens is 3. The number of carbonyl (C=O) groups excluding carboxylic acids is 2. The van der Waals surface area contributed by atoms with Crippen molar-refractivity contribution in [3.05, 3.63) is 41.2 Å². The van der Waals surface area contributed by atoms with Crippen molar-refractivity contribution in [1.82, 2.24) is 25.0 Å². The lowest BCUT2D eigenvalue weighted by Crippen LogP contribution is -2.53. The zero-order valence-corrected chi connectivity index (χ0v) is 14.1. The van der Waals surface area contributed by atoms with Crippen LogP contribution in [0, 0.1) is 12.7 Å². The first kappa shape index (κ1) is 16.9. The molecular formula is C16H18FN5O3. The minimum atomic E-state index is -0.777. The zero-order valence-electron chi connectivity index (χ0n) is 14.1. The van der Waals surface area contributed by atoms with Crippen molar-refractivity contribution in [3.8, 4) is 5.75 Å². The molecule has 0 saturated heterocycles. The highest BCUT2D eigenvalue weighted by Gasteiger charge is 2.37. The summed E-state index contributed by atoms with van der Waals surface area (Å²) in [7, 11) is 2.91. The van der Waals surface area contributed by atoms with Crippen LogP contribution in [0.2, 0.25) is 0 Å². The van der Waals surface area contributed by atoms with Gasteiger partial charge in [0.25, 0.3) is 5.91 Å². The maximum atomic E-state index is 14.3. The van der Waals surface area contributed by atoms with Crippen molar-refractivity contribution in [3.63, 3.8) is 0 Å². The SMILES string of the molecule is CNC(=O)C1Cn2c(C)nnc2CN1C(=O)c1ccc(OC)cc1F. The third-order valence-corrected chi connectivity index (χ3v) is 4.27. The van der Waals surface area contributed by atoms with Gasteiger partial charge in [-0.25, -0.2) is 4.39 Å². The Hall–Kier alpha value is -2.97. The van der Waals surface area contributed by atoms with E-state index in [1.807, 2.05) is 0 Å². The second-order valence-electron chi connectivity index (χ2n) is 5.68. The van der Waals surface area contributed by atoms with Crippen molar-refractivity contribution >= 4 is 11.8 Å². The van der Waals surface area contributed by atoms with E-state index in [2.05, 4.69) is 15.5 Å². The predicted octanol–water partition coefficient (Wildman–Crippen LogP) is 0.505. The van der Waals surface area contributed by atoms with Crippen molar-refractivity contribution in [2.24, 2.45) is 0 Å². The number of hydrogen-bond acceptors (Lipinski definition) is 5. The first-order chi connectivity index (χ1) is 12.0. The summed E-state index contributed by atoms with van der Waals surface area (Å²) in [5, 5.41) is 10.5. The summed E-state index contributed by atoms with van der Waals surface area (Å²) in [6.45, 7) is 2.07. The Kier molecular flexibility index (Phi) is 4.39. The number of aryl methyl sites for hydroxylation is 1. The molecule has 8 nitrogen and oxygen atoms in total. The summed E-state index contributed by atoms with van der Waals surface area (Å²) < 4.78 is 21.0. The highest BCUT2D eigenvalue weighted by atomic mass is 19.1. The smallest absolute Gasteiger partial charge is 0.257 e. The molecule has 1 aliphatic heterocycles. The molecule has 1 atom stereocenters. The molecule has 0 fully saturated rings. The lowest BCUT2D eigenvalue weighted by molar-refractivity contribution is -0.126. The Labute approximate surface area is 143 Å². The van der Waals surface area contributed by atoms with Crippen LogP contribution in [0.3, 0.4) is 0 Å². The molecule has 2 aromatic rings. The fourth-order valence-electron chi connectivity index (χ4n) is 2.87. The number of likely N-dealkylation sites (N-methyl/N-ethyl adjacent to an activating group) is 1. The van der Waals surface area contributed by atoms with Crippen LogP contribution in [0.5, 0.6) is 5.75 Å². The van der Waals surface area contributed by atoms with Crippen molar-refractivity contribution in [2.75, 3.05) is 14.2 Å². The number of halogens is 1. The van der Waals surface area contributed by atoms with Crippen LogP contribution < -0.4 is 10.1 Å². The van der Waals surface area contributed by atoms with Gasteiger partial charge in [0.05, 0.1) is 25.8 Å². The molecule has 25 heavy (non-hydrogen) atoms. The zero-order chi connectivity index (χ0) is 18.1. The Balaban J connectivity index is 1.98. The number of ether oxygens (including phenoxy) is 1.